The number of carbonyl (C=O) groups is 1. The van der Waals surface area contributed by atoms with Gasteiger partial charge in [0.15, 0.2) is 0 Å². The van der Waals surface area contributed by atoms with Gasteiger partial charge in [-0.3, -0.25) is 4.79 Å². The monoisotopic (exact) mass is 319 g/mol. The Kier molecular flexibility index (Phi) is 5.75. The van der Waals surface area contributed by atoms with Gasteiger partial charge in [0, 0.05) is 11.1 Å². The first-order chi connectivity index (χ1) is 10.6. The molecule has 116 valence electrons. The molecule has 2 rings (SSSR count). The first kappa shape index (κ1) is 16.3. The number of aromatic nitrogens is 1. The van der Waals surface area contributed by atoms with Gasteiger partial charge in [0.1, 0.15) is 5.75 Å². The van der Waals surface area contributed by atoms with E-state index < -0.39 is 6.04 Å². The van der Waals surface area contributed by atoms with Gasteiger partial charge in [-0.15, -0.1) is 0 Å². The van der Waals surface area contributed by atoms with E-state index in [0.29, 0.717) is 28.8 Å². The van der Waals surface area contributed by atoms with Crippen molar-refractivity contribution >= 4 is 23.2 Å². The van der Waals surface area contributed by atoms with Gasteiger partial charge in [0.05, 0.1) is 17.9 Å². The molecule has 1 aromatic carbocycles. The van der Waals surface area contributed by atoms with Crippen molar-refractivity contribution in [2.75, 3.05) is 5.32 Å². The summed E-state index contributed by atoms with van der Waals surface area (Å²) >= 11 is 5.81. The number of halogens is 1. The molecule has 6 heteroatoms. The summed E-state index contributed by atoms with van der Waals surface area (Å²) in [7, 11) is 0. The number of nitrogens with two attached hydrogens (primary N) is 1. The number of hydrogen-bond donors (Lipinski definition) is 2. The minimum Gasteiger partial charge on any atom is -0.439 e. The van der Waals surface area contributed by atoms with E-state index in [4.69, 9.17) is 22.1 Å². The number of anilines is 1. The first-order valence-electron chi connectivity index (χ1n) is 7.04. The van der Waals surface area contributed by atoms with Crippen LogP contribution >= 0.6 is 11.6 Å². The predicted octanol–water partition coefficient (Wildman–Crippen LogP) is 3.59. The Morgan fingerprint density at radius 2 is 2.05 bits per heavy atom. The normalized spacial score (nSPS) is 11.8. The molecule has 5 nitrogen and oxygen atoms in total. The SMILES string of the molecule is CCCC(N)C(=O)Nc1ccc(Oc2ccc(Cl)cc2)nc1. The van der Waals surface area contributed by atoms with Crippen LogP contribution in [-0.4, -0.2) is 16.9 Å². The van der Waals surface area contributed by atoms with Crippen molar-refractivity contribution < 1.29 is 9.53 Å². The summed E-state index contributed by atoms with van der Waals surface area (Å²) < 4.78 is 5.57. The lowest BCUT2D eigenvalue weighted by atomic mass is 10.1. The molecule has 0 aliphatic heterocycles. The minimum atomic E-state index is -0.505. The van der Waals surface area contributed by atoms with Crippen molar-refractivity contribution in [3.63, 3.8) is 0 Å². The van der Waals surface area contributed by atoms with Crippen molar-refractivity contribution in [3.8, 4) is 11.6 Å². The van der Waals surface area contributed by atoms with Crippen LogP contribution in [0.5, 0.6) is 11.6 Å². The number of hydrogen-bond acceptors (Lipinski definition) is 4. The Morgan fingerprint density at radius 3 is 2.64 bits per heavy atom. The van der Waals surface area contributed by atoms with E-state index in [1.54, 1.807) is 36.4 Å². The number of nitrogens with one attached hydrogen (secondary N) is 1. The molecule has 22 heavy (non-hydrogen) atoms. The summed E-state index contributed by atoms with van der Waals surface area (Å²) in [6, 6.07) is 9.87. The summed E-state index contributed by atoms with van der Waals surface area (Å²) in [5.41, 5.74) is 6.34. The zero-order valence-corrected chi connectivity index (χ0v) is 13.0. The molecule has 0 spiro atoms. The highest BCUT2D eigenvalue weighted by molar-refractivity contribution is 6.30. The molecule has 1 amide bonds. The summed E-state index contributed by atoms with van der Waals surface area (Å²) in [5, 5.41) is 3.37. The Bertz CT molecular complexity index is 614. The van der Waals surface area contributed by atoms with E-state index in [0.717, 1.165) is 6.42 Å². The average molecular weight is 320 g/mol. The molecular formula is C16H18ClN3O2. The number of ether oxygens (including phenoxy) is 1. The quantitative estimate of drug-likeness (QED) is 0.853. The summed E-state index contributed by atoms with van der Waals surface area (Å²) in [4.78, 5) is 15.9. The number of carbonyl (C=O) groups excluding carboxylic acids is 1. The van der Waals surface area contributed by atoms with Crippen LogP contribution in [0.4, 0.5) is 5.69 Å². The van der Waals surface area contributed by atoms with Crippen molar-refractivity contribution in [2.45, 2.75) is 25.8 Å². The summed E-state index contributed by atoms with van der Waals surface area (Å²) in [6.07, 6.45) is 3.04. The molecule has 0 bridgehead atoms. The van der Waals surface area contributed by atoms with E-state index in [2.05, 4.69) is 10.3 Å². The Morgan fingerprint density at radius 1 is 1.32 bits per heavy atom. The van der Waals surface area contributed by atoms with E-state index in [1.165, 1.54) is 6.20 Å². The molecule has 0 fully saturated rings. The van der Waals surface area contributed by atoms with Crippen molar-refractivity contribution in [3.05, 3.63) is 47.6 Å². The van der Waals surface area contributed by atoms with Crippen LogP contribution in [0.1, 0.15) is 19.8 Å². The molecule has 0 saturated heterocycles. The number of rotatable bonds is 6. The molecule has 0 radical (unpaired) electrons. The Hall–Kier alpha value is -2.11. The topological polar surface area (TPSA) is 77.2 Å². The molecular weight excluding hydrogens is 302 g/mol. The van der Waals surface area contributed by atoms with Gasteiger partial charge in [-0.25, -0.2) is 4.98 Å². The van der Waals surface area contributed by atoms with Crippen molar-refractivity contribution in [1.29, 1.82) is 0 Å². The fourth-order valence-electron chi connectivity index (χ4n) is 1.82. The molecule has 0 saturated carbocycles. The molecule has 0 aliphatic carbocycles. The Balaban J connectivity index is 1.95. The van der Waals surface area contributed by atoms with Gasteiger partial charge in [0.2, 0.25) is 11.8 Å². The molecule has 0 aliphatic rings. The lowest BCUT2D eigenvalue weighted by Gasteiger charge is -2.11. The molecule has 2 aromatic rings. The van der Waals surface area contributed by atoms with E-state index in [-0.39, 0.29) is 5.91 Å². The van der Waals surface area contributed by atoms with Gasteiger partial charge >= 0.3 is 0 Å². The molecule has 3 N–H and O–H groups in total. The van der Waals surface area contributed by atoms with Gasteiger partial charge in [-0.05, 0) is 36.8 Å². The maximum absolute atomic E-state index is 11.8. The summed E-state index contributed by atoms with van der Waals surface area (Å²) in [6.45, 7) is 1.98. The highest BCUT2D eigenvalue weighted by atomic mass is 35.5. The third-order valence-electron chi connectivity index (χ3n) is 2.98. The lowest BCUT2D eigenvalue weighted by molar-refractivity contribution is -0.117. The second-order valence-corrected chi connectivity index (χ2v) is 5.26. The fourth-order valence-corrected chi connectivity index (χ4v) is 1.94. The third-order valence-corrected chi connectivity index (χ3v) is 3.23. The lowest BCUT2D eigenvalue weighted by Crippen LogP contribution is -2.35. The standard InChI is InChI=1S/C16H18ClN3O2/c1-2-3-14(18)16(21)20-12-6-9-15(19-10-12)22-13-7-4-11(17)5-8-13/h4-10,14H,2-3,18H2,1H3,(H,20,21). The van der Waals surface area contributed by atoms with Crippen molar-refractivity contribution in [1.82, 2.24) is 4.98 Å². The second kappa shape index (κ2) is 7.77. The van der Waals surface area contributed by atoms with Gasteiger partial charge in [0.25, 0.3) is 0 Å². The van der Waals surface area contributed by atoms with Crippen LogP contribution in [0.2, 0.25) is 5.02 Å². The molecule has 1 aromatic heterocycles. The first-order valence-corrected chi connectivity index (χ1v) is 7.42. The van der Waals surface area contributed by atoms with E-state index in [1.807, 2.05) is 6.92 Å². The number of nitrogens with zero attached hydrogens (tertiary/aromatic N) is 1. The van der Waals surface area contributed by atoms with Gasteiger partial charge < -0.3 is 15.8 Å². The van der Waals surface area contributed by atoms with Crippen LogP contribution < -0.4 is 15.8 Å². The smallest absolute Gasteiger partial charge is 0.241 e. The molecule has 1 heterocycles. The number of amides is 1. The van der Waals surface area contributed by atoms with Crippen molar-refractivity contribution in [2.24, 2.45) is 5.73 Å². The number of pyridine rings is 1. The predicted molar refractivity (Wildman–Crippen MR) is 87.3 cm³/mol. The molecule has 1 atom stereocenters. The van der Waals surface area contributed by atoms with Crippen LogP contribution in [-0.2, 0) is 4.79 Å². The van der Waals surface area contributed by atoms with Crippen LogP contribution in [0.25, 0.3) is 0 Å². The van der Waals surface area contributed by atoms with Crippen LogP contribution in [0.3, 0.4) is 0 Å². The summed E-state index contributed by atoms with van der Waals surface area (Å²) in [5.74, 6) is 0.854. The van der Waals surface area contributed by atoms with Crippen LogP contribution in [0, 0.1) is 0 Å². The highest BCUT2D eigenvalue weighted by Crippen LogP contribution is 2.22. The van der Waals surface area contributed by atoms with Gasteiger partial charge in [-0.1, -0.05) is 24.9 Å². The Labute approximate surface area is 134 Å². The largest absolute Gasteiger partial charge is 0.439 e. The highest BCUT2D eigenvalue weighted by Gasteiger charge is 2.12. The van der Waals surface area contributed by atoms with E-state index >= 15 is 0 Å². The number of benzene rings is 1. The minimum absolute atomic E-state index is 0.213. The van der Waals surface area contributed by atoms with Gasteiger partial charge in [-0.2, -0.15) is 0 Å². The molecule has 1 unspecified atom stereocenters. The second-order valence-electron chi connectivity index (χ2n) is 4.83. The van der Waals surface area contributed by atoms with Crippen LogP contribution in [0.15, 0.2) is 42.6 Å². The zero-order chi connectivity index (χ0) is 15.9. The maximum atomic E-state index is 11.8. The average Bonchev–Trinajstić information content (AvgIpc) is 2.51. The third kappa shape index (κ3) is 4.72. The fraction of sp³-hybridized carbons (Fsp3) is 0.250. The maximum Gasteiger partial charge on any atom is 0.241 e. The zero-order valence-electron chi connectivity index (χ0n) is 12.3. The van der Waals surface area contributed by atoms with E-state index in [9.17, 15) is 4.79 Å².